The first-order chi connectivity index (χ1) is 20.9. The first-order valence-corrected chi connectivity index (χ1v) is 14.9. The van der Waals surface area contributed by atoms with Gasteiger partial charge in [-0.15, -0.1) is 0 Å². The average Bonchev–Trinajstić information content (AvgIpc) is 3.54. The number of β-amino-alcohol motifs (C(OH)–C–C–N with tert-alkyl or cyclic N) is 1. The molecule has 0 unspecified atom stereocenters. The average molecular weight is 592 g/mol. The number of carbonyl (C=O) groups is 2. The lowest BCUT2D eigenvalue weighted by Gasteiger charge is -2.31. The highest BCUT2D eigenvalue weighted by atomic mass is 16.5. The van der Waals surface area contributed by atoms with Crippen LogP contribution in [-0.4, -0.2) is 94.1 Å². The van der Waals surface area contributed by atoms with Crippen molar-refractivity contribution >= 4 is 11.8 Å². The molecule has 12 heteroatoms. The number of fused-ring (bicyclic) bond motifs is 1. The van der Waals surface area contributed by atoms with Crippen LogP contribution in [-0.2, 0) is 30.8 Å². The number of rotatable bonds is 12. The van der Waals surface area contributed by atoms with Crippen molar-refractivity contribution in [1.82, 2.24) is 35.4 Å². The number of nitrogens with one attached hydrogen (secondary N) is 2. The number of hydrogen-bond acceptors (Lipinski definition) is 10. The Morgan fingerprint density at radius 3 is 2.79 bits per heavy atom. The van der Waals surface area contributed by atoms with E-state index in [1.807, 2.05) is 6.07 Å². The third-order valence-corrected chi connectivity index (χ3v) is 8.35. The van der Waals surface area contributed by atoms with Gasteiger partial charge in [0.15, 0.2) is 12.2 Å². The van der Waals surface area contributed by atoms with Crippen LogP contribution in [0.2, 0.25) is 0 Å². The number of aliphatic hydroxyl groups excluding tert-OH is 1. The van der Waals surface area contributed by atoms with Crippen LogP contribution < -0.4 is 15.4 Å². The highest BCUT2D eigenvalue weighted by Gasteiger charge is 2.24. The number of likely N-dealkylation sites (N-methyl/N-ethyl adjacent to an activating group) is 1. The molecule has 0 bridgehead atoms. The smallest absolute Gasteiger partial charge is 0.270 e. The minimum Gasteiger partial charge on any atom is -0.485 e. The topological polar surface area (TPSA) is 146 Å². The lowest BCUT2D eigenvalue weighted by atomic mass is 9.92. The van der Waals surface area contributed by atoms with E-state index in [1.54, 1.807) is 19.3 Å². The van der Waals surface area contributed by atoms with Crippen molar-refractivity contribution in [2.75, 3.05) is 46.3 Å². The zero-order chi connectivity index (χ0) is 30.2. The number of benzene rings is 1. The largest absolute Gasteiger partial charge is 0.485 e. The summed E-state index contributed by atoms with van der Waals surface area (Å²) in [4.78, 5) is 41.3. The molecule has 0 spiro atoms. The van der Waals surface area contributed by atoms with Crippen LogP contribution in [0.5, 0.6) is 5.75 Å². The van der Waals surface area contributed by atoms with Crippen LogP contribution in [0.15, 0.2) is 41.5 Å². The summed E-state index contributed by atoms with van der Waals surface area (Å²) in [7, 11) is 1.66. The predicted octanol–water partition coefficient (Wildman–Crippen LogP) is 1.50. The van der Waals surface area contributed by atoms with E-state index >= 15 is 0 Å². The predicted molar refractivity (Wildman–Crippen MR) is 158 cm³/mol. The van der Waals surface area contributed by atoms with Gasteiger partial charge in [0.2, 0.25) is 5.91 Å². The summed E-state index contributed by atoms with van der Waals surface area (Å²) in [6, 6.07) is 5.81. The number of piperidine rings is 1. The van der Waals surface area contributed by atoms with E-state index < -0.39 is 6.10 Å². The standard InChI is InChI=1S/C31H41N7O5/c1-21-27-7-10-38(15-23(27)3-4-29(21)42-18-26-14-33-20-43-26)16-25(39)13-34-31(41)28-12-24(35-19-36-28)11-22-5-8-37(9-6-22)17-30(40)32-2/h3-4,12,14,19-20,22,25,39H,5-11,13,15-18H2,1-2H3,(H,32,40)(H,34,41)/t25-/m0/s1. The molecule has 1 aromatic carbocycles. The first-order valence-electron chi connectivity index (χ1n) is 14.9. The van der Waals surface area contributed by atoms with Gasteiger partial charge in [0.05, 0.1) is 18.8 Å². The Bertz CT molecular complexity index is 1370. The lowest BCUT2D eigenvalue weighted by molar-refractivity contribution is -0.122. The second kappa shape index (κ2) is 14.5. The van der Waals surface area contributed by atoms with Crippen LogP contribution >= 0.6 is 0 Å². The van der Waals surface area contributed by atoms with E-state index in [1.165, 1.54) is 23.8 Å². The molecular formula is C31H41N7O5. The van der Waals surface area contributed by atoms with Crippen molar-refractivity contribution in [3.8, 4) is 5.75 Å². The normalized spacial score (nSPS) is 16.8. The lowest BCUT2D eigenvalue weighted by Crippen LogP contribution is -2.42. The van der Waals surface area contributed by atoms with Crippen LogP contribution in [0.3, 0.4) is 0 Å². The van der Waals surface area contributed by atoms with Crippen LogP contribution in [0, 0.1) is 12.8 Å². The molecule has 1 atom stereocenters. The van der Waals surface area contributed by atoms with Gasteiger partial charge >= 0.3 is 0 Å². The van der Waals surface area contributed by atoms with E-state index in [2.05, 4.69) is 48.4 Å². The molecule has 2 amide bonds. The summed E-state index contributed by atoms with van der Waals surface area (Å²) >= 11 is 0. The number of aliphatic hydroxyl groups is 1. The number of ether oxygens (including phenoxy) is 1. The summed E-state index contributed by atoms with van der Waals surface area (Å²) in [5.74, 6) is 1.68. The molecule has 230 valence electrons. The van der Waals surface area contributed by atoms with E-state index in [9.17, 15) is 14.7 Å². The van der Waals surface area contributed by atoms with E-state index in [-0.39, 0.29) is 18.4 Å². The van der Waals surface area contributed by atoms with Crippen molar-refractivity contribution in [3.05, 3.63) is 71.0 Å². The van der Waals surface area contributed by atoms with Gasteiger partial charge < -0.3 is 24.9 Å². The highest BCUT2D eigenvalue weighted by molar-refractivity contribution is 5.92. The molecule has 5 rings (SSSR count). The van der Waals surface area contributed by atoms with Gasteiger partial charge in [-0.2, -0.15) is 0 Å². The van der Waals surface area contributed by atoms with Crippen molar-refractivity contribution < 1.29 is 23.8 Å². The van der Waals surface area contributed by atoms with E-state index in [4.69, 9.17) is 9.15 Å². The molecule has 3 aromatic rings. The molecule has 12 nitrogen and oxygen atoms in total. The van der Waals surface area contributed by atoms with Crippen molar-refractivity contribution in [2.24, 2.45) is 5.92 Å². The maximum absolute atomic E-state index is 12.8. The third kappa shape index (κ3) is 8.37. The van der Waals surface area contributed by atoms with Gasteiger partial charge in [-0.05, 0) is 80.4 Å². The fourth-order valence-electron chi connectivity index (χ4n) is 5.88. The summed E-state index contributed by atoms with van der Waals surface area (Å²) in [5.41, 5.74) is 4.76. The fourth-order valence-corrected chi connectivity index (χ4v) is 5.88. The Hall–Kier alpha value is -3.87. The number of oxazole rings is 1. The van der Waals surface area contributed by atoms with Crippen LogP contribution in [0.4, 0.5) is 0 Å². The minimum atomic E-state index is -0.711. The summed E-state index contributed by atoms with van der Waals surface area (Å²) < 4.78 is 11.2. The van der Waals surface area contributed by atoms with Gasteiger partial charge in [-0.3, -0.25) is 19.4 Å². The van der Waals surface area contributed by atoms with Gasteiger partial charge in [0.1, 0.15) is 24.4 Å². The second-order valence-electron chi connectivity index (χ2n) is 11.4. The number of aromatic nitrogens is 3. The molecule has 43 heavy (non-hydrogen) atoms. The molecule has 0 aliphatic carbocycles. The zero-order valence-electron chi connectivity index (χ0n) is 24.9. The second-order valence-corrected chi connectivity index (χ2v) is 11.4. The van der Waals surface area contributed by atoms with Gasteiger partial charge in [-0.1, -0.05) is 6.07 Å². The monoisotopic (exact) mass is 591 g/mol. The maximum Gasteiger partial charge on any atom is 0.270 e. The SMILES string of the molecule is CNC(=O)CN1CCC(Cc2cc(C(=O)NC[C@H](O)CN3CCc4c(ccc(OCc5cnco5)c4C)C3)ncn2)CC1. The molecule has 1 fully saturated rings. The molecule has 1 saturated heterocycles. The van der Waals surface area contributed by atoms with Gasteiger partial charge in [-0.25, -0.2) is 15.0 Å². The first kappa shape index (κ1) is 30.6. The van der Waals surface area contributed by atoms with Crippen molar-refractivity contribution in [1.29, 1.82) is 0 Å². The fraction of sp³-hybridized carbons (Fsp3) is 0.516. The Balaban J connectivity index is 1.05. The molecule has 2 aliphatic heterocycles. The zero-order valence-corrected chi connectivity index (χ0v) is 24.9. The van der Waals surface area contributed by atoms with Gasteiger partial charge in [0, 0.05) is 38.9 Å². The summed E-state index contributed by atoms with van der Waals surface area (Å²) in [5, 5.41) is 16.2. The number of likely N-dealkylation sites (tertiary alicyclic amines) is 1. The van der Waals surface area contributed by atoms with E-state index in [0.29, 0.717) is 37.1 Å². The molecular weight excluding hydrogens is 550 g/mol. The van der Waals surface area contributed by atoms with Gasteiger partial charge in [0.25, 0.3) is 5.91 Å². The quantitative estimate of drug-likeness (QED) is 0.283. The highest BCUT2D eigenvalue weighted by Crippen LogP contribution is 2.30. The summed E-state index contributed by atoms with van der Waals surface area (Å²) in [6.45, 7) is 6.71. The minimum absolute atomic E-state index is 0.0343. The Labute approximate surface area is 251 Å². The van der Waals surface area contributed by atoms with Crippen LogP contribution in [0.1, 0.15) is 51.5 Å². The third-order valence-electron chi connectivity index (χ3n) is 8.35. The number of hydrogen-bond donors (Lipinski definition) is 3. The molecule has 3 N–H and O–H groups in total. The number of nitrogens with zero attached hydrogens (tertiary/aromatic N) is 5. The van der Waals surface area contributed by atoms with E-state index in [0.717, 1.165) is 68.9 Å². The Morgan fingerprint density at radius 2 is 2.02 bits per heavy atom. The Kier molecular flexibility index (Phi) is 10.3. The van der Waals surface area contributed by atoms with Crippen molar-refractivity contribution in [3.63, 3.8) is 0 Å². The van der Waals surface area contributed by atoms with Crippen LogP contribution in [0.25, 0.3) is 0 Å². The molecule has 0 saturated carbocycles. The molecule has 2 aromatic heterocycles. The Morgan fingerprint density at radius 1 is 1.19 bits per heavy atom. The molecule has 2 aliphatic rings. The molecule has 0 radical (unpaired) electrons. The molecule has 4 heterocycles. The summed E-state index contributed by atoms with van der Waals surface area (Å²) in [6.07, 6.45) is 7.35. The number of amides is 2. The maximum atomic E-state index is 12.8. The van der Waals surface area contributed by atoms with Crippen molar-refractivity contribution in [2.45, 2.75) is 51.9 Å². The number of carbonyl (C=O) groups excluding carboxylic acids is 2.